The first kappa shape index (κ1) is 14.9. The summed E-state index contributed by atoms with van der Waals surface area (Å²) in [6.45, 7) is 0.404. The van der Waals surface area contributed by atoms with Crippen molar-refractivity contribution in [3.05, 3.63) is 29.3 Å². The van der Waals surface area contributed by atoms with Crippen molar-refractivity contribution in [1.29, 1.82) is 0 Å². The van der Waals surface area contributed by atoms with Crippen LogP contribution in [0.2, 0.25) is 0 Å². The van der Waals surface area contributed by atoms with Crippen LogP contribution in [0.4, 0.5) is 8.78 Å². The number of hydrogen-bond acceptors (Lipinski definition) is 4. The largest absolute Gasteiger partial charge is 0.469 e. The molecule has 1 N–H and O–H groups in total. The Morgan fingerprint density at radius 2 is 2.00 bits per heavy atom. The van der Waals surface area contributed by atoms with Gasteiger partial charge in [-0.15, -0.1) is 11.8 Å². The maximum absolute atomic E-state index is 13.6. The van der Waals surface area contributed by atoms with Crippen LogP contribution in [0.25, 0.3) is 0 Å². The number of carbonyl (C=O) groups is 1. The normalized spacial score (nSPS) is 10.4. The Kier molecular flexibility index (Phi) is 6.07. The maximum Gasteiger partial charge on any atom is 0.306 e. The molecule has 0 saturated heterocycles. The van der Waals surface area contributed by atoms with Crippen LogP contribution in [-0.4, -0.2) is 25.9 Å². The van der Waals surface area contributed by atoms with E-state index in [1.165, 1.54) is 19.2 Å². The summed E-state index contributed by atoms with van der Waals surface area (Å²) < 4.78 is 31.7. The quantitative estimate of drug-likeness (QED) is 0.639. The van der Waals surface area contributed by atoms with Crippen molar-refractivity contribution < 1.29 is 18.3 Å². The highest BCUT2D eigenvalue weighted by Crippen LogP contribution is 2.27. The number of benzene rings is 1. The standard InChI is InChI=1S/C12H15F2NO2S/c1-15-7-8-5-9(13)12(10(14)6-8)18-4-3-11(16)17-2/h5-6,15H,3-4,7H2,1-2H3. The predicted molar refractivity (Wildman–Crippen MR) is 66.5 cm³/mol. The van der Waals surface area contributed by atoms with Crippen LogP contribution >= 0.6 is 11.8 Å². The van der Waals surface area contributed by atoms with Crippen molar-refractivity contribution in [2.24, 2.45) is 0 Å². The summed E-state index contributed by atoms with van der Waals surface area (Å²) in [5.74, 6) is -1.31. The molecule has 0 radical (unpaired) electrons. The van der Waals surface area contributed by atoms with Gasteiger partial charge in [-0.2, -0.15) is 0 Å². The van der Waals surface area contributed by atoms with E-state index in [0.717, 1.165) is 11.8 Å². The number of esters is 1. The van der Waals surface area contributed by atoms with Gasteiger partial charge in [0.2, 0.25) is 0 Å². The number of hydrogen-bond donors (Lipinski definition) is 1. The fourth-order valence-corrected chi connectivity index (χ4v) is 2.26. The zero-order chi connectivity index (χ0) is 13.5. The molecule has 0 aliphatic carbocycles. The topological polar surface area (TPSA) is 38.3 Å². The fraction of sp³-hybridized carbons (Fsp3) is 0.417. The number of thioether (sulfide) groups is 1. The molecule has 0 fully saturated rings. The van der Waals surface area contributed by atoms with E-state index >= 15 is 0 Å². The summed E-state index contributed by atoms with van der Waals surface area (Å²) in [6.07, 6.45) is 0.123. The van der Waals surface area contributed by atoms with E-state index in [9.17, 15) is 13.6 Å². The van der Waals surface area contributed by atoms with Crippen LogP contribution in [0, 0.1) is 11.6 Å². The molecule has 0 aromatic heterocycles. The molecule has 0 heterocycles. The Balaban J connectivity index is 2.68. The van der Waals surface area contributed by atoms with Gasteiger partial charge >= 0.3 is 5.97 Å². The van der Waals surface area contributed by atoms with E-state index < -0.39 is 17.6 Å². The van der Waals surface area contributed by atoms with Gasteiger partial charge in [-0.1, -0.05) is 0 Å². The predicted octanol–water partition coefficient (Wildman–Crippen LogP) is 2.34. The first-order chi connectivity index (χ1) is 8.58. The average Bonchev–Trinajstić information content (AvgIpc) is 2.32. The van der Waals surface area contributed by atoms with Gasteiger partial charge in [0, 0.05) is 12.3 Å². The van der Waals surface area contributed by atoms with Crippen LogP contribution in [0.15, 0.2) is 17.0 Å². The molecule has 0 spiro atoms. The van der Waals surface area contributed by atoms with Gasteiger partial charge in [-0.25, -0.2) is 8.78 Å². The highest BCUT2D eigenvalue weighted by atomic mass is 32.2. The summed E-state index contributed by atoms with van der Waals surface area (Å²) in [4.78, 5) is 10.8. The van der Waals surface area contributed by atoms with Gasteiger partial charge in [-0.05, 0) is 24.7 Å². The molecule has 100 valence electrons. The number of carbonyl (C=O) groups excluding carboxylic acids is 1. The van der Waals surface area contributed by atoms with Crippen LogP contribution < -0.4 is 5.32 Å². The van der Waals surface area contributed by atoms with E-state index in [2.05, 4.69) is 10.1 Å². The molecular formula is C12H15F2NO2S. The Morgan fingerprint density at radius 3 is 2.50 bits per heavy atom. The zero-order valence-electron chi connectivity index (χ0n) is 10.3. The second kappa shape index (κ2) is 7.33. The lowest BCUT2D eigenvalue weighted by molar-refractivity contribution is -0.140. The van der Waals surface area contributed by atoms with Crippen molar-refractivity contribution in [1.82, 2.24) is 5.32 Å². The van der Waals surface area contributed by atoms with Crippen molar-refractivity contribution in [2.45, 2.75) is 17.9 Å². The first-order valence-corrected chi connectivity index (χ1v) is 6.39. The molecule has 0 aliphatic heterocycles. The number of halogens is 2. The van der Waals surface area contributed by atoms with E-state index in [-0.39, 0.29) is 17.1 Å². The number of rotatable bonds is 6. The molecule has 3 nitrogen and oxygen atoms in total. The summed E-state index contributed by atoms with van der Waals surface area (Å²) in [6, 6.07) is 2.58. The zero-order valence-corrected chi connectivity index (χ0v) is 11.1. The third-order valence-corrected chi connectivity index (χ3v) is 3.31. The molecular weight excluding hydrogens is 260 g/mol. The van der Waals surface area contributed by atoms with Crippen molar-refractivity contribution in [3.8, 4) is 0 Å². The van der Waals surface area contributed by atoms with Crippen LogP contribution in [0.3, 0.4) is 0 Å². The molecule has 6 heteroatoms. The minimum absolute atomic E-state index is 0.0567. The maximum atomic E-state index is 13.6. The second-order valence-corrected chi connectivity index (χ2v) is 4.70. The van der Waals surface area contributed by atoms with Gasteiger partial charge in [-0.3, -0.25) is 4.79 Å². The molecule has 1 rings (SSSR count). The third kappa shape index (κ3) is 4.27. The summed E-state index contributed by atoms with van der Waals surface area (Å²) in [5, 5.41) is 2.82. The third-order valence-electron chi connectivity index (χ3n) is 2.22. The van der Waals surface area contributed by atoms with E-state index in [1.807, 2.05) is 0 Å². The van der Waals surface area contributed by atoms with Gasteiger partial charge in [0.25, 0.3) is 0 Å². The molecule has 0 atom stereocenters. The minimum atomic E-state index is -0.602. The lowest BCUT2D eigenvalue weighted by Gasteiger charge is -2.07. The number of nitrogens with one attached hydrogen (secondary N) is 1. The van der Waals surface area contributed by atoms with Crippen molar-refractivity contribution >= 4 is 17.7 Å². The van der Waals surface area contributed by atoms with Gasteiger partial charge in [0.1, 0.15) is 11.6 Å². The Hall–Kier alpha value is -1.14. The molecule has 1 aromatic carbocycles. The first-order valence-electron chi connectivity index (χ1n) is 5.40. The van der Waals surface area contributed by atoms with Gasteiger partial charge < -0.3 is 10.1 Å². The number of methoxy groups -OCH3 is 1. The SMILES string of the molecule is CNCc1cc(F)c(SCCC(=O)OC)c(F)c1. The highest BCUT2D eigenvalue weighted by Gasteiger charge is 2.12. The number of ether oxygens (including phenoxy) is 1. The lowest BCUT2D eigenvalue weighted by atomic mass is 10.2. The summed E-state index contributed by atoms with van der Waals surface area (Å²) in [5.41, 5.74) is 0.546. The summed E-state index contributed by atoms with van der Waals surface area (Å²) >= 11 is 0.973. The van der Waals surface area contributed by atoms with Crippen LogP contribution in [0.1, 0.15) is 12.0 Å². The van der Waals surface area contributed by atoms with Crippen molar-refractivity contribution in [2.75, 3.05) is 19.9 Å². The Morgan fingerprint density at radius 1 is 1.39 bits per heavy atom. The smallest absolute Gasteiger partial charge is 0.306 e. The van der Waals surface area contributed by atoms with E-state index in [0.29, 0.717) is 12.1 Å². The molecule has 0 bridgehead atoms. The molecule has 18 heavy (non-hydrogen) atoms. The monoisotopic (exact) mass is 275 g/mol. The van der Waals surface area contributed by atoms with Crippen LogP contribution in [0.5, 0.6) is 0 Å². The van der Waals surface area contributed by atoms with Gasteiger partial charge in [0.15, 0.2) is 0 Å². The molecule has 0 saturated carbocycles. The Bertz CT molecular complexity index is 404. The molecule has 0 amide bonds. The second-order valence-electron chi connectivity index (χ2n) is 3.59. The minimum Gasteiger partial charge on any atom is -0.469 e. The molecule has 1 aromatic rings. The van der Waals surface area contributed by atoms with E-state index in [1.54, 1.807) is 7.05 Å². The lowest BCUT2D eigenvalue weighted by Crippen LogP contribution is -2.06. The average molecular weight is 275 g/mol. The molecule has 0 aliphatic rings. The molecule has 0 unspecified atom stereocenters. The van der Waals surface area contributed by atoms with Crippen molar-refractivity contribution in [3.63, 3.8) is 0 Å². The fourth-order valence-electron chi connectivity index (χ4n) is 1.39. The van der Waals surface area contributed by atoms with E-state index in [4.69, 9.17) is 0 Å². The Labute approximate surface area is 109 Å². The summed E-state index contributed by atoms with van der Waals surface area (Å²) in [7, 11) is 2.98. The highest BCUT2D eigenvalue weighted by molar-refractivity contribution is 7.99. The van der Waals surface area contributed by atoms with Gasteiger partial charge in [0.05, 0.1) is 18.4 Å². The van der Waals surface area contributed by atoms with Crippen LogP contribution in [-0.2, 0) is 16.1 Å².